The van der Waals surface area contributed by atoms with E-state index in [1.54, 1.807) is 0 Å². The zero-order chi connectivity index (χ0) is 13.4. The van der Waals surface area contributed by atoms with Crippen molar-refractivity contribution in [2.75, 3.05) is 6.61 Å². The Labute approximate surface area is 119 Å². The minimum absolute atomic E-state index is 0.394. The van der Waals surface area contributed by atoms with E-state index in [0.29, 0.717) is 6.10 Å². The molecule has 0 spiro atoms. The SMILES string of the molecule is c1ccc2c(c1)cc(CNC1CC1)n2CC1CCCO1. The van der Waals surface area contributed by atoms with E-state index < -0.39 is 0 Å². The third-order valence-electron chi connectivity index (χ3n) is 4.46. The molecule has 3 heteroatoms. The average Bonchev–Trinajstić information content (AvgIpc) is 3.04. The first-order chi connectivity index (χ1) is 9.90. The summed E-state index contributed by atoms with van der Waals surface area (Å²) in [5.74, 6) is 0. The number of hydrogen-bond acceptors (Lipinski definition) is 2. The quantitative estimate of drug-likeness (QED) is 0.903. The fraction of sp³-hybridized carbons (Fsp3) is 0.529. The number of benzene rings is 1. The standard InChI is InChI=1S/C17H22N2O/c1-2-6-17-13(4-1)10-15(11-18-14-7-8-14)19(17)12-16-5-3-9-20-16/h1-2,4,6,10,14,16,18H,3,5,7-9,11-12H2. The van der Waals surface area contributed by atoms with Gasteiger partial charge < -0.3 is 14.6 Å². The molecule has 4 rings (SSSR count). The summed E-state index contributed by atoms with van der Waals surface area (Å²) in [6.07, 6.45) is 5.48. The van der Waals surface area contributed by atoms with Gasteiger partial charge in [-0.1, -0.05) is 18.2 Å². The van der Waals surface area contributed by atoms with E-state index in [1.165, 1.54) is 42.3 Å². The monoisotopic (exact) mass is 270 g/mol. The lowest BCUT2D eigenvalue weighted by atomic mass is 10.2. The maximum atomic E-state index is 5.83. The van der Waals surface area contributed by atoms with Crippen LogP contribution in [0.4, 0.5) is 0 Å². The van der Waals surface area contributed by atoms with Gasteiger partial charge in [-0.25, -0.2) is 0 Å². The van der Waals surface area contributed by atoms with Crippen LogP contribution in [-0.2, 0) is 17.8 Å². The van der Waals surface area contributed by atoms with Gasteiger partial charge in [0, 0.05) is 36.9 Å². The lowest BCUT2D eigenvalue weighted by Crippen LogP contribution is -2.21. The van der Waals surface area contributed by atoms with Crippen LogP contribution in [0.25, 0.3) is 10.9 Å². The molecule has 1 N–H and O–H groups in total. The molecule has 1 saturated carbocycles. The zero-order valence-corrected chi connectivity index (χ0v) is 11.8. The first-order valence-electron chi connectivity index (χ1n) is 7.82. The van der Waals surface area contributed by atoms with Gasteiger partial charge >= 0.3 is 0 Å². The van der Waals surface area contributed by atoms with Gasteiger partial charge in [0.15, 0.2) is 0 Å². The second-order valence-corrected chi connectivity index (χ2v) is 6.10. The predicted octanol–water partition coefficient (Wildman–Crippen LogP) is 3.07. The van der Waals surface area contributed by atoms with Gasteiger partial charge in [0.25, 0.3) is 0 Å². The largest absolute Gasteiger partial charge is 0.376 e. The number of ether oxygens (including phenoxy) is 1. The normalized spacial score (nSPS) is 22.7. The van der Waals surface area contributed by atoms with Crippen molar-refractivity contribution >= 4 is 10.9 Å². The minimum atomic E-state index is 0.394. The second kappa shape index (κ2) is 5.23. The number of hydrogen-bond donors (Lipinski definition) is 1. The lowest BCUT2D eigenvalue weighted by molar-refractivity contribution is 0.0973. The molecule has 1 unspecified atom stereocenters. The Bertz CT molecular complexity index is 594. The minimum Gasteiger partial charge on any atom is -0.376 e. The molecule has 2 aliphatic rings. The highest BCUT2D eigenvalue weighted by molar-refractivity contribution is 5.81. The molecule has 2 fully saturated rings. The molecule has 20 heavy (non-hydrogen) atoms. The molecule has 3 nitrogen and oxygen atoms in total. The van der Waals surface area contributed by atoms with E-state index in [0.717, 1.165) is 25.7 Å². The van der Waals surface area contributed by atoms with Crippen LogP contribution in [0, 0.1) is 0 Å². The number of fused-ring (bicyclic) bond motifs is 1. The van der Waals surface area contributed by atoms with Crippen LogP contribution in [0.3, 0.4) is 0 Å². The fourth-order valence-corrected chi connectivity index (χ4v) is 3.16. The summed E-state index contributed by atoms with van der Waals surface area (Å²) < 4.78 is 8.29. The number of para-hydroxylation sites is 1. The Hall–Kier alpha value is -1.32. The summed E-state index contributed by atoms with van der Waals surface area (Å²) in [7, 11) is 0. The number of rotatable bonds is 5. The van der Waals surface area contributed by atoms with Gasteiger partial charge in [-0.15, -0.1) is 0 Å². The Morgan fingerprint density at radius 2 is 2.10 bits per heavy atom. The van der Waals surface area contributed by atoms with Crippen molar-refractivity contribution in [1.82, 2.24) is 9.88 Å². The maximum Gasteiger partial charge on any atom is 0.0754 e. The van der Waals surface area contributed by atoms with Crippen LogP contribution >= 0.6 is 0 Å². The summed E-state index contributed by atoms with van der Waals surface area (Å²) in [4.78, 5) is 0. The van der Waals surface area contributed by atoms with Gasteiger partial charge in [0.2, 0.25) is 0 Å². The van der Waals surface area contributed by atoms with Crippen LogP contribution in [0.1, 0.15) is 31.4 Å². The highest BCUT2D eigenvalue weighted by atomic mass is 16.5. The third-order valence-corrected chi connectivity index (χ3v) is 4.46. The molecule has 0 bridgehead atoms. The van der Waals surface area contributed by atoms with E-state index in [9.17, 15) is 0 Å². The summed E-state index contributed by atoms with van der Waals surface area (Å²) in [6.45, 7) is 2.90. The smallest absolute Gasteiger partial charge is 0.0754 e. The highest BCUT2D eigenvalue weighted by Gasteiger charge is 2.22. The van der Waals surface area contributed by atoms with Gasteiger partial charge in [0.05, 0.1) is 6.10 Å². The van der Waals surface area contributed by atoms with Gasteiger partial charge in [0.1, 0.15) is 0 Å². The molecule has 1 aliphatic carbocycles. The molecule has 1 aromatic carbocycles. The third kappa shape index (κ3) is 2.48. The molecule has 1 aliphatic heterocycles. The van der Waals surface area contributed by atoms with Gasteiger partial charge in [-0.2, -0.15) is 0 Å². The number of nitrogens with zero attached hydrogens (tertiary/aromatic N) is 1. The zero-order valence-electron chi connectivity index (χ0n) is 11.8. The molecule has 106 valence electrons. The first kappa shape index (κ1) is 12.4. The molecule has 0 radical (unpaired) electrons. The molecule has 2 aromatic rings. The highest BCUT2D eigenvalue weighted by Crippen LogP contribution is 2.25. The summed E-state index contributed by atoms with van der Waals surface area (Å²) in [5, 5.41) is 4.98. The van der Waals surface area contributed by atoms with Crippen molar-refractivity contribution in [3.63, 3.8) is 0 Å². The lowest BCUT2D eigenvalue weighted by Gasteiger charge is -2.15. The predicted molar refractivity (Wildman–Crippen MR) is 80.8 cm³/mol. The molecular formula is C17H22N2O. The maximum absolute atomic E-state index is 5.83. The van der Waals surface area contributed by atoms with Crippen LogP contribution < -0.4 is 5.32 Å². The Balaban J connectivity index is 1.63. The molecular weight excluding hydrogens is 248 g/mol. The summed E-state index contributed by atoms with van der Waals surface area (Å²) in [6, 6.07) is 11.8. The molecule has 1 aromatic heterocycles. The van der Waals surface area contributed by atoms with Crippen LogP contribution in [0.2, 0.25) is 0 Å². The second-order valence-electron chi connectivity index (χ2n) is 6.10. The van der Waals surface area contributed by atoms with Crippen molar-refractivity contribution in [1.29, 1.82) is 0 Å². The Kier molecular flexibility index (Phi) is 3.25. The van der Waals surface area contributed by atoms with Crippen LogP contribution in [0.5, 0.6) is 0 Å². The molecule has 1 atom stereocenters. The van der Waals surface area contributed by atoms with E-state index in [2.05, 4.69) is 40.2 Å². The van der Waals surface area contributed by atoms with Gasteiger partial charge in [-0.3, -0.25) is 0 Å². The first-order valence-corrected chi connectivity index (χ1v) is 7.82. The van der Waals surface area contributed by atoms with Crippen molar-refractivity contribution in [2.24, 2.45) is 0 Å². The van der Waals surface area contributed by atoms with Crippen molar-refractivity contribution in [3.05, 3.63) is 36.0 Å². The van der Waals surface area contributed by atoms with E-state index >= 15 is 0 Å². The van der Waals surface area contributed by atoms with E-state index in [-0.39, 0.29) is 0 Å². The molecule has 1 saturated heterocycles. The molecule has 2 heterocycles. The Morgan fingerprint density at radius 1 is 1.20 bits per heavy atom. The van der Waals surface area contributed by atoms with Gasteiger partial charge in [-0.05, 0) is 43.2 Å². The van der Waals surface area contributed by atoms with Crippen LogP contribution in [0.15, 0.2) is 30.3 Å². The average molecular weight is 270 g/mol. The van der Waals surface area contributed by atoms with E-state index in [4.69, 9.17) is 4.74 Å². The van der Waals surface area contributed by atoms with Crippen molar-refractivity contribution < 1.29 is 4.74 Å². The van der Waals surface area contributed by atoms with Crippen molar-refractivity contribution in [2.45, 2.75) is 50.9 Å². The topological polar surface area (TPSA) is 26.2 Å². The van der Waals surface area contributed by atoms with Crippen molar-refractivity contribution in [3.8, 4) is 0 Å². The van der Waals surface area contributed by atoms with E-state index in [1.807, 2.05) is 0 Å². The van der Waals surface area contributed by atoms with Crippen LogP contribution in [-0.4, -0.2) is 23.3 Å². The number of aromatic nitrogens is 1. The summed E-state index contributed by atoms with van der Waals surface area (Å²) in [5.41, 5.74) is 2.74. The number of nitrogens with one attached hydrogen (secondary N) is 1. The fourth-order valence-electron chi connectivity index (χ4n) is 3.16. The summed E-state index contributed by atoms with van der Waals surface area (Å²) >= 11 is 0. The Morgan fingerprint density at radius 3 is 2.90 bits per heavy atom. The molecule has 0 amide bonds.